The summed E-state index contributed by atoms with van der Waals surface area (Å²) in [4.78, 5) is 15.5. The molecular formula is C9H15N3O. The fourth-order valence-corrected chi connectivity index (χ4v) is 0.775. The highest BCUT2D eigenvalue weighted by atomic mass is 16.2. The number of nitrogens with zero attached hydrogens (tertiary/aromatic N) is 2. The second-order valence-corrected chi connectivity index (χ2v) is 4.07. The second-order valence-electron chi connectivity index (χ2n) is 4.07. The van der Waals surface area contributed by atoms with E-state index in [1.807, 2.05) is 27.8 Å². The molecule has 0 radical (unpaired) electrons. The van der Waals surface area contributed by atoms with Crippen LogP contribution in [0.2, 0.25) is 0 Å². The van der Waals surface area contributed by atoms with Crippen molar-refractivity contribution in [1.82, 2.24) is 9.55 Å². The Morgan fingerprint density at radius 2 is 2.15 bits per heavy atom. The molecule has 72 valence electrons. The summed E-state index contributed by atoms with van der Waals surface area (Å²) in [5.41, 5.74) is -0.383. The van der Waals surface area contributed by atoms with E-state index in [1.54, 1.807) is 17.0 Å². The van der Waals surface area contributed by atoms with Gasteiger partial charge in [-0.05, 0) is 0 Å². The van der Waals surface area contributed by atoms with Crippen molar-refractivity contribution in [1.29, 1.82) is 0 Å². The average molecular weight is 181 g/mol. The molecule has 0 aromatic carbocycles. The molecule has 0 spiro atoms. The molecule has 1 N–H and O–H groups in total. The predicted molar refractivity (Wildman–Crippen MR) is 51.3 cm³/mol. The SMILES string of the molecule is Cn1ccnc1NC(=O)C(C)(C)C. The first-order valence-electron chi connectivity index (χ1n) is 4.20. The van der Waals surface area contributed by atoms with Gasteiger partial charge in [0.2, 0.25) is 11.9 Å². The Morgan fingerprint density at radius 1 is 1.54 bits per heavy atom. The van der Waals surface area contributed by atoms with Gasteiger partial charge in [0.1, 0.15) is 0 Å². The third-order valence-electron chi connectivity index (χ3n) is 1.73. The Morgan fingerprint density at radius 3 is 2.54 bits per heavy atom. The van der Waals surface area contributed by atoms with Gasteiger partial charge in [-0.25, -0.2) is 4.98 Å². The molecule has 0 aliphatic rings. The van der Waals surface area contributed by atoms with Crippen LogP contribution in [0.4, 0.5) is 5.95 Å². The van der Waals surface area contributed by atoms with Gasteiger partial charge in [-0.3, -0.25) is 10.1 Å². The van der Waals surface area contributed by atoms with E-state index >= 15 is 0 Å². The fraction of sp³-hybridized carbons (Fsp3) is 0.556. The van der Waals surface area contributed by atoms with E-state index in [0.29, 0.717) is 5.95 Å². The number of carbonyl (C=O) groups excluding carboxylic acids is 1. The molecule has 1 aromatic rings. The number of anilines is 1. The Labute approximate surface area is 78.0 Å². The lowest BCUT2D eigenvalue weighted by Crippen LogP contribution is -2.28. The molecule has 13 heavy (non-hydrogen) atoms. The van der Waals surface area contributed by atoms with Crippen LogP contribution in [0.25, 0.3) is 0 Å². The molecule has 4 nitrogen and oxygen atoms in total. The normalized spacial score (nSPS) is 11.4. The molecule has 0 saturated heterocycles. The van der Waals surface area contributed by atoms with Crippen molar-refractivity contribution in [2.75, 3.05) is 5.32 Å². The highest BCUT2D eigenvalue weighted by Gasteiger charge is 2.22. The van der Waals surface area contributed by atoms with Gasteiger partial charge in [-0.15, -0.1) is 0 Å². The van der Waals surface area contributed by atoms with Gasteiger partial charge in [0.25, 0.3) is 0 Å². The summed E-state index contributed by atoms with van der Waals surface area (Å²) in [6.45, 7) is 5.60. The molecule has 0 bridgehead atoms. The fourth-order valence-electron chi connectivity index (χ4n) is 0.775. The Bertz CT molecular complexity index is 309. The van der Waals surface area contributed by atoms with Crippen LogP contribution in [0.15, 0.2) is 12.4 Å². The van der Waals surface area contributed by atoms with E-state index in [0.717, 1.165) is 0 Å². The quantitative estimate of drug-likeness (QED) is 0.712. The summed E-state index contributed by atoms with van der Waals surface area (Å²) < 4.78 is 1.77. The van der Waals surface area contributed by atoms with Crippen LogP contribution < -0.4 is 5.32 Å². The van der Waals surface area contributed by atoms with Gasteiger partial charge < -0.3 is 4.57 Å². The lowest BCUT2D eigenvalue weighted by molar-refractivity contribution is -0.123. The predicted octanol–water partition coefficient (Wildman–Crippen LogP) is 1.40. The third kappa shape index (κ3) is 2.31. The maximum Gasteiger partial charge on any atom is 0.232 e. The van der Waals surface area contributed by atoms with E-state index in [-0.39, 0.29) is 11.3 Å². The molecule has 4 heteroatoms. The Hall–Kier alpha value is -1.32. The number of nitrogens with one attached hydrogen (secondary N) is 1. The third-order valence-corrected chi connectivity index (χ3v) is 1.73. The van der Waals surface area contributed by atoms with Crippen LogP contribution in [0.3, 0.4) is 0 Å². The summed E-state index contributed by atoms with van der Waals surface area (Å²) in [5, 5.41) is 2.74. The van der Waals surface area contributed by atoms with Gasteiger partial charge in [0, 0.05) is 24.9 Å². The number of imidazole rings is 1. The number of carbonyl (C=O) groups is 1. The summed E-state index contributed by atoms with van der Waals surface area (Å²) in [6, 6.07) is 0. The molecule has 0 unspecified atom stereocenters. The molecule has 1 amide bonds. The molecule has 0 aliphatic heterocycles. The molecule has 1 aromatic heterocycles. The second kappa shape index (κ2) is 3.20. The van der Waals surface area contributed by atoms with Crippen molar-refractivity contribution in [3.8, 4) is 0 Å². The van der Waals surface area contributed by atoms with Gasteiger partial charge in [0.15, 0.2) is 0 Å². The zero-order valence-corrected chi connectivity index (χ0v) is 8.46. The summed E-state index contributed by atoms with van der Waals surface area (Å²) in [5.74, 6) is 0.557. The van der Waals surface area contributed by atoms with E-state index in [2.05, 4.69) is 10.3 Å². The smallest absolute Gasteiger partial charge is 0.232 e. The molecule has 0 atom stereocenters. The van der Waals surface area contributed by atoms with Crippen molar-refractivity contribution in [3.63, 3.8) is 0 Å². The lowest BCUT2D eigenvalue weighted by Gasteiger charge is -2.16. The highest BCUT2D eigenvalue weighted by Crippen LogP contribution is 2.15. The minimum atomic E-state index is -0.383. The van der Waals surface area contributed by atoms with E-state index in [1.165, 1.54) is 0 Å². The van der Waals surface area contributed by atoms with Crippen LogP contribution in [0.5, 0.6) is 0 Å². The minimum Gasteiger partial charge on any atom is -0.320 e. The van der Waals surface area contributed by atoms with E-state index < -0.39 is 0 Å². The molecule has 1 heterocycles. The number of aromatic nitrogens is 2. The van der Waals surface area contributed by atoms with Gasteiger partial charge in [-0.2, -0.15) is 0 Å². The number of amides is 1. The van der Waals surface area contributed by atoms with Crippen LogP contribution in [0, 0.1) is 5.41 Å². The van der Waals surface area contributed by atoms with Crippen molar-refractivity contribution >= 4 is 11.9 Å². The van der Waals surface area contributed by atoms with Crippen molar-refractivity contribution in [3.05, 3.63) is 12.4 Å². The maximum atomic E-state index is 11.5. The first kappa shape index (κ1) is 9.77. The average Bonchev–Trinajstić information content (AvgIpc) is 2.34. The van der Waals surface area contributed by atoms with Crippen LogP contribution in [-0.4, -0.2) is 15.5 Å². The van der Waals surface area contributed by atoms with E-state index in [4.69, 9.17) is 0 Å². The number of aryl methyl sites for hydroxylation is 1. The monoisotopic (exact) mass is 181 g/mol. The van der Waals surface area contributed by atoms with Gasteiger partial charge in [-0.1, -0.05) is 20.8 Å². The first-order chi connectivity index (χ1) is 5.91. The van der Waals surface area contributed by atoms with Crippen molar-refractivity contribution in [2.45, 2.75) is 20.8 Å². The standard InChI is InChI=1S/C9H15N3O/c1-9(2,3)7(13)11-8-10-5-6-12(8)4/h5-6H,1-4H3,(H,10,11,13). The summed E-state index contributed by atoms with van der Waals surface area (Å²) in [7, 11) is 1.84. The van der Waals surface area contributed by atoms with Gasteiger partial charge in [0.05, 0.1) is 0 Å². The highest BCUT2D eigenvalue weighted by molar-refractivity contribution is 5.93. The summed E-state index contributed by atoms with van der Waals surface area (Å²) >= 11 is 0. The largest absolute Gasteiger partial charge is 0.320 e. The van der Waals surface area contributed by atoms with E-state index in [9.17, 15) is 4.79 Å². The zero-order chi connectivity index (χ0) is 10.1. The Kier molecular flexibility index (Phi) is 2.40. The minimum absolute atomic E-state index is 0.0261. The Balaban J connectivity index is 2.71. The number of hydrogen-bond acceptors (Lipinski definition) is 2. The van der Waals surface area contributed by atoms with Crippen LogP contribution in [0.1, 0.15) is 20.8 Å². The molecular weight excluding hydrogens is 166 g/mol. The van der Waals surface area contributed by atoms with Crippen LogP contribution in [-0.2, 0) is 11.8 Å². The maximum absolute atomic E-state index is 11.5. The van der Waals surface area contributed by atoms with Gasteiger partial charge >= 0.3 is 0 Å². The van der Waals surface area contributed by atoms with Crippen LogP contribution >= 0.6 is 0 Å². The topological polar surface area (TPSA) is 46.9 Å². The molecule has 0 saturated carbocycles. The van der Waals surface area contributed by atoms with Crippen molar-refractivity contribution in [2.24, 2.45) is 12.5 Å². The molecule has 0 fully saturated rings. The zero-order valence-electron chi connectivity index (χ0n) is 8.46. The number of rotatable bonds is 1. The molecule has 1 rings (SSSR count). The lowest BCUT2D eigenvalue weighted by atomic mass is 9.96. The first-order valence-corrected chi connectivity index (χ1v) is 4.20. The summed E-state index contributed by atoms with van der Waals surface area (Å²) in [6.07, 6.45) is 3.44. The molecule has 0 aliphatic carbocycles. The number of hydrogen-bond donors (Lipinski definition) is 1. The van der Waals surface area contributed by atoms with Crippen molar-refractivity contribution < 1.29 is 4.79 Å².